The van der Waals surface area contributed by atoms with Crippen LogP contribution in [-0.2, 0) is 0 Å². The van der Waals surface area contributed by atoms with Gasteiger partial charge in [-0.2, -0.15) is 0 Å². The zero-order valence-corrected chi connectivity index (χ0v) is 10.5. The molecule has 0 bridgehead atoms. The van der Waals surface area contributed by atoms with Crippen LogP contribution in [-0.4, -0.2) is 11.4 Å². The molecule has 3 N–H and O–H groups in total. The van der Waals surface area contributed by atoms with Gasteiger partial charge in [0.25, 0.3) is 5.91 Å². The third-order valence-corrected chi connectivity index (χ3v) is 3.90. The smallest absolute Gasteiger partial charge is 0.254 e. The first-order valence-corrected chi connectivity index (χ1v) is 6.25. The van der Waals surface area contributed by atoms with Gasteiger partial charge in [0.15, 0.2) is 0 Å². The van der Waals surface area contributed by atoms with E-state index >= 15 is 0 Å². The average Bonchev–Trinajstić information content (AvgIpc) is 2.23. The second-order valence-electron chi connectivity index (χ2n) is 4.98. The van der Waals surface area contributed by atoms with E-state index in [9.17, 15) is 4.79 Å². The van der Waals surface area contributed by atoms with Crippen LogP contribution in [0.5, 0.6) is 0 Å². The second-order valence-corrected chi connectivity index (χ2v) is 4.98. The van der Waals surface area contributed by atoms with E-state index in [-0.39, 0.29) is 11.4 Å². The lowest BCUT2D eigenvalue weighted by Gasteiger charge is -2.42. The number of nitrogens with one attached hydrogen (secondary N) is 1. The van der Waals surface area contributed by atoms with Gasteiger partial charge < -0.3 is 11.1 Å². The Labute approximate surface area is 102 Å². The van der Waals surface area contributed by atoms with Gasteiger partial charge in [0.05, 0.1) is 5.56 Å². The van der Waals surface area contributed by atoms with Crippen LogP contribution in [0.1, 0.15) is 48.5 Å². The van der Waals surface area contributed by atoms with Crippen molar-refractivity contribution >= 4 is 11.6 Å². The normalized spacial score (nSPS) is 17.3. The summed E-state index contributed by atoms with van der Waals surface area (Å²) in [5, 5.41) is 3.16. The Hall–Kier alpha value is -1.51. The van der Waals surface area contributed by atoms with E-state index in [0.29, 0.717) is 11.3 Å². The number of carbonyl (C=O) groups excluding carboxylic acids is 1. The Morgan fingerprint density at radius 2 is 2.18 bits per heavy atom. The Morgan fingerprint density at radius 1 is 1.47 bits per heavy atom. The summed E-state index contributed by atoms with van der Waals surface area (Å²) in [6, 6.07) is 5.58. The van der Waals surface area contributed by atoms with Crippen molar-refractivity contribution in [2.75, 3.05) is 5.73 Å². The lowest BCUT2D eigenvalue weighted by atomic mass is 9.74. The van der Waals surface area contributed by atoms with E-state index in [1.54, 1.807) is 6.07 Å². The summed E-state index contributed by atoms with van der Waals surface area (Å²) in [7, 11) is 0. The van der Waals surface area contributed by atoms with Gasteiger partial charge >= 0.3 is 0 Å². The first-order valence-electron chi connectivity index (χ1n) is 6.25. The van der Waals surface area contributed by atoms with Crippen molar-refractivity contribution in [3.63, 3.8) is 0 Å². The van der Waals surface area contributed by atoms with Crippen molar-refractivity contribution in [1.82, 2.24) is 5.32 Å². The molecule has 1 fully saturated rings. The maximum atomic E-state index is 12.3. The fourth-order valence-corrected chi connectivity index (χ4v) is 2.47. The maximum Gasteiger partial charge on any atom is 0.254 e. The molecule has 0 atom stereocenters. The molecule has 2 rings (SSSR count). The number of hydrogen-bond donors (Lipinski definition) is 2. The molecule has 3 heteroatoms. The molecule has 0 spiro atoms. The Kier molecular flexibility index (Phi) is 3.09. The van der Waals surface area contributed by atoms with Gasteiger partial charge in [-0.15, -0.1) is 0 Å². The largest absolute Gasteiger partial charge is 0.398 e. The molecule has 3 nitrogen and oxygen atoms in total. The van der Waals surface area contributed by atoms with Crippen LogP contribution in [0.3, 0.4) is 0 Å². The summed E-state index contributed by atoms with van der Waals surface area (Å²) in [5.41, 5.74) is 8.03. The van der Waals surface area contributed by atoms with E-state index in [4.69, 9.17) is 5.73 Å². The number of nitrogen functional groups attached to an aromatic ring is 1. The quantitative estimate of drug-likeness (QED) is 0.787. The van der Waals surface area contributed by atoms with Crippen molar-refractivity contribution in [3.05, 3.63) is 29.3 Å². The molecule has 0 heterocycles. The number of anilines is 1. The molecule has 1 saturated carbocycles. The van der Waals surface area contributed by atoms with E-state index in [0.717, 1.165) is 24.8 Å². The summed E-state index contributed by atoms with van der Waals surface area (Å²) in [6.45, 7) is 4.05. The zero-order valence-electron chi connectivity index (χ0n) is 10.5. The molecule has 0 radical (unpaired) electrons. The first-order chi connectivity index (χ1) is 8.08. The van der Waals surface area contributed by atoms with Crippen molar-refractivity contribution in [3.8, 4) is 0 Å². The van der Waals surface area contributed by atoms with E-state index in [1.807, 2.05) is 19.1 Å². The second kappa shape index (κ2) is 4.40. The summed E-state index contributed by atoms with van der Waals surface area (Å²) < 4.78 is 0. The van der Waals surface area contributed by atoms with E-state index in [1.165, 1.54) is 6.42 Å². The molecule has 1 aliphatic carbocycles. The molecular weight excluding hydrogens is 212 g/mol. The number of rotatable bonds is 3. The van der Waals surface area contributed by atoms with Crippen molar-refractivity contribution in [2.45, 2.75) is 45.1 Å². The lowest BCUT2D eigenvalue weighted by Crippen LogP contribution is -2.53. The van der Waals surface area contributed by atoms with E-state index < -0.39 is 0 Å². The number of hydrogen-bond acceptors (Lipinski definition) is 2. The molecule has 1 aromatic rings. The predicted octanol–water partition coefficient (Wildman–Crippen LogP) is 2.64. The monoisotopic (exact) mass is 232 g/mol. The minimum atomic E-state index is -0.0258. The van der Waals surface area contributed by atoms with E-state index in [2.05, 4.69) is 12.2 Å². The fraction of sp³-hybridized carbons (Fsp3) is 0.500. The van der Waals surface area contributed by atoms with Gasteiger partial charge in [0, 0.05) is 11.2 Å². The molecule has 17 heavy (non-hydrogen) atoms. The molecule has 1 aromatic carbocycles. The molecule has 0 aliphatic heterocycles. The maximum absolute atomic E-state index is 12.3. The van der Waals surface area contributed by atoms with Gasteiger partial charge in [-0.25, -0.2) is 0 Å². The van der Waals surface area contributed by atoms with Gasteiger partial charge in [0.1, 0.15) is 0 Å². The van der Waals surface area contributed by atoms with Crippen LogP contribution >= 0.6 is 0 Å². The standard InChI is InChI=1S/C14H20N2O/c1-3-14(8-5-9-14)16-13(17)12-10(2)6-4-7-11(12)15/h4,6-7H,3,5,8-9,15H2,1-2H3,(H,16,17). The number of amides is 1. The summed E-state index contributed by atoms with van der Waals surface area (Å²) in [6.07, 6.45) is 4.37. The molecule has 0 aromatic heterocycles. The zero-order chi connectivity index (χ0) is 12.5. The highest BCUT2D eigenvalue weighted by atomic mass is 16.1. The van der Waals surface area contributed by atoms with Gasteiger partial charge in [-0.3, -0.25) is 4.79 Å². The topological polar surface area (TPSA) is 55.1 Å². The predicted molar refractivity (Wildman–Crippen MR) is 69.9 cm³/mol. The van der Waals surface area contributed by atoms with Crippen molar-refractivity contribution < 1.29 is 4.79 Å². The lowest BCUT2D eigenvalue weighted by molar-refractivity contribution is 0.0821. The van der Waals surface area contributed by atoms with Crippen LogP contribution in [0, 0.1) is 6.92 Å². The molecule has 1 amide bonds. The summed E-state index contributed by atoms with van der Waals surface area (Å²) in [5.74, 6) is -0.0258. The van der Waals surface area contributed by atoms with Crippen molar-refractivity contribution in [1.29, 1.82) is 0 Å². The number of carbonyl (C=O) groups is 1. The fourth-order valence-electron chi connectivity index (χ4n) is 2.47. The number of benzene rings is 1. The highest BCUT2D eigenvalue weighted by Crippen LogP contribution is 2.35. The highest BCUT2D eigenvalue weighted by Gasteiger charge is 2.37. The third kappa shape index (κ3) is 2.14. The summed E-state index contributed by atoms with van der Waals surface area (Å²) >= 11 is 0. The van der Waals surface area contributed by atoms with Crippen LogP contribution in [0.2, 0.25) is 0 Å². The van der Waals surface area contributed by atoms with Crippen LogP contribution < -0.4 is 11.1 Å². The first kappa shape index (κ1) is 12.0. The van der Waals surface area contributed by atoms with Gasteiger partial charge in [0.2, 0.25) is 0 Å². The Morgan fingerprint density at radius 3 is 2.65 bits per heavy atom. The molecule has 1 aliphatic rings. The average molecular weight is 232 g/mol. The van der Waals surface area contributed by atoms with Crippen LogP contribution in [0.4, 0.5) is 5.69 Å². The van der Waals surface area contributed by atoms with Crippen LogP contribution in [0.25, 0.3) is 0 Å². The minimum Gasteiger partial charge on any atom is -0.398 e. The van der Waals surface area contributed by atoms with Crippen LogP contribution in [0.15, 0.2) is 18.2 Å². The molecule has 0 unspecified atom stereocenters. The molecule has 92 valence electrons. The third-order valence-electron chi connectivity index (χ3n) is 3.90. The number of nitrogens with two attached hydrogens (primary N) is 1. The molecule has 0 saturated heterocycles. The van der Waals surface area contributed by atoms with Crippen molar-refractivity contribution in [2.24, 2.45) is 0 Å². The highest BCUT2D eigenvalue weighted by molar-refractivity contribution is 6.01. The SMILES string of the molecule is CCC1(NC(=O)c2c(C)cccc2N)CCC1. The van der Waals surface area contributed by atoms with Gasteiger partial charge in [-0.1, -0.05) is 19.1 Å². The summed E-state index contributed by atoms with van der Waals surface area (Å²) in [4.78, 5) is 12.3. The minimum absolute atomic E-state index is 0.0196. The molecular formula is C14H20N2O. The Balaban J connectivity index is 2.20. The van der Waals surface area contributed by atoms with Gasteiger partial charge in [-0.05, 0) is 44.2 Å². The number of aryl methyl sites for hydroxylation is 1. The Bertz CT molecular complexity index is 410.